The maximum Gasteiger partial charge on any atom is 0.170 e. The molecular formula is C25H43N6+. The van der Waals surface area contributed by atoms with Crippen LogP contribution in [0.25, 0.3) is 0 Å². The summed E-state index contributed by atoms with van der Waals surface area (Å²) >= 11 is 0. The van der Waals surface area contributed by atoms with Crippen LogP contribution in [-0.2, 0) is 6.54 Å². The Balaban J connectivity index is 1.77. The Morgan fingerprint density at radius 2 is 1.23 bits per heavy atom. The van der Waals surface area contributed by atoms with Crippen molar-refractivity contribution < 1.29 is 4.57 Å². The molecule has 0 bridgehead atoms. The molecule has 172 valence electrons. The van der Waals surface area contributed by atoms with Gasteiger partial charge in [-0.2, -0.15) is 0 Å². The van der Waals surface area contributed by atoms with Gasteiger partial charge < -0.3 is 14.7 Å². The van der Waals surface area contributed by atoms with Crippen LogP contribution in [0.15, 0.2) is 54.9 Å². The number of nitrogens with one attached hydrogen (secondary N) is 1. The maximum atomic E-state index is 3.43. The van der Waals surface area contributed by atoms with E-state index in [2.05, 4.69) is 102 Å². The molecule has 0 spiro atoms. The second kappa shape index (κ2) is 14.0. The topological polar surface area (TPSA) is 28.9 Å². The van der Waals surface area contributed by atoms with E-state index in [4.69, 9.17) is 0 Å². The lowest BCUT2D eigenvalue weighted by Crippen LogP contribution is -2.37. The van der Waals surface area contributed by atoms with Crippen LogP contribution in [0.1, 0.15) is 19.3 Å². The van der Waals surface area contributed by atoms with Crippen LogP contribution in [0.3, 0.4) is 0 Å². The highest BCUT2D eigenvalue weighted by Crippen LogP contribution is 2.13. The average Bonchev–Trinajstić information content (AvgIpc) is 2.74. The molecule has 1 aromatic carbocycles. The number of rotatable bonds is 15. The third kappa shape index (κ3) is 10.6. The number of benzene rings is 1. The summed E-state index contributed by atoms with van der Waals surface area (Å²) in [4.78, 5) is 7.19. The van der Waals surface area contributed by atoms with Crippen molar-refractivity contribution in [3.63, 3.8) is 0 Å². The number of hydrazine groups is 1. The largest absolute Gasteiger partial charge is 0.309 e. The number of hydrogen-bond acceptors (Lipinski definition) is 5. The van der Waals surface area contributed by atoms with Crippen LogP contribution < -0.4 is 15.0 Å². The third-order valence-electron chi connectivity index (χ3n) is 5.38. The number of pyridine rings is 1. The summed E-state index contributed by atoms with van der Waals surface area (Å²) in [5.41, 5.74) is 5.66. The second-order valence-electron chi connectivity index (χ2n) is 8.84. The van der Waals surface area contributed by atoms with E-state index in [0.717, 1.165) is 37.6 Å². The van der Waals surface area contributed by atoms with E-state index in [1.165, 1.54) is 32.4 Å². The molecule has 0 saturated carbocycles. The van der Waals surface area contributed by atoms with E-state index in [1.54, 1.807) is 0 Å². The van der Waals surface area contributed by atoms with E-state index >= 15 is 0 Å². The standard InChI is InChI=1S/C25H42N6/c1-27(2)16-9-18-30(19-10-17-28(3)4)20-11-21-31-22-14-24(15-23-31)26-29(5)25-12-7-6-8-13-25/h6-8,12-15,22-23H,9-11,16-21H2,1-5H3/p+1. The Hall–Kier alpha value is -2.15. The van der Waals surface area contributed by atoms with Crippen LogP contribution in [0.5, 0.6) is 0 Å². The lowest BCUT2D eigenvalue weighted by molar-refractivity contribution is -0.697. The van der Waals surface area contributed by atoms with Crippen molar-refractivity contribution in [2.45, 2.75) is 25.8 Å². The van der Waals surface area contributed by atoms with E-state index < -0.39 is 0 Å². The Bertz CT molecular complexity index is 688. The van der Waals surface area contributed by atoms with Gasteiger partial charge in [-0.15, -0.1) is 0 Å². The van der Waals surface area contributed by atoms with Crippen LogP contribution in [0.4, 0.5) is 11.4 Å². The molecule has 1 aromatic heterocycles. The lowest BCUT2D eigenvalue weighted by Gasteiger charge is -2.23. The summed E-state index contributed by atoms with van der Waals surface area (Å²) in [6, 6.07) is 14.6. The molecule has 0 radical (unpaired) electrons. The molecule has 0 amide bonds. The van der Waals surface area contributed by atoms with Crippen molar-refractivity contribution in [2.24, 2.45) is 0 Å². The van der Waals surface area contributed by atoms with Crippen LogP contribution >= 0.6 is 0 Å². The molecule has 6 nitrogen and oxygen atoms in total. The molecule has 0 fully saturated rings. The number of aromatic nitrogens is 1. The maximum absolute atomic E-state index is 3.43. The summed E-state index contributed by atoms with van der Waals surface area (Å²) < 4.78 is 2.28. The Kier molecular flexibility index (Phi) is 11.4. The molecule has 2 rings (SSSR count). The molecule has 2 aromatic rings. The van der Waals surface area contributed by atoms with Crippen molar-refractivity contribution in [3.05, 3.63) is 54.9 Å². The fraction of sp³-hybridized carbons (Fsp3) is 0.560. The van der Waals surface area contributed by atoms with E-state index in [-0.39, 0.29) is 0 Å². The molecule has 1 heterocycles. The molecule has 0 saturated heterocycles. The summed E-state index contributed by atoms with van der Waals surface area (Å²) in [6.45, 7) is 6.89. The van der Waals surface area contributed by atoms with E-state index in [0.29, 0.717) is 0 Å². The van der Waals surface area contributed by atoms with Gasteiger partial charge in [-0.05, 0) is 79.3 Å². The lowest BCUT2D eigenvalue weighted by atomic mass is 10.2. The summed E-state index contributed by atoms with van der Waals surface area (Å²) in [7, 11) is 10.7. The van der Waals surface area contributed by atoms with Gasteiger partial charge in [0.2, 0.25) is 0 Å². The zero-order valence-electron chi connectivity index (χ0n) is 20.3. The minimum atomic E-state index is 1.05. The van der Waals surface area contributed by atoms with Gasteiger partial charge in [0.25, 0.3) is 0 Å². The quantitative estimate of drug-likeness (QED) is 0.349. The monoisotopic (exact) mass is 427 g/mol. The Labute approximate surface area is 190 Å². The van der Waals surface area contributed by atoms with Gasteiger partial charge in [0.05, 0.1) is 11.4 Å². The molecule has 1 N–H and O–H groups in total. The van der Waals surface area contributed by atoms with Crippen molar-refractivity contribution in [1.29, 1.82) is 0 Å². The van der Waals surface area contributed by atoms with Crippen LogP contribution in [0, 0.1) is 0 Å². The van der Waals surface area contributed by atoms with E-state index in [1.807, 2.05) is 18.1 Å². The normalized spacial score (nSPS) is 11.5. The average molecular weight is 428 g/mol. The SMILES string of the molecule is CN(C)CCCN(CCCN(C)C)CCC[n+]1ccc(NN(C)c2ccccc2)cc1. The number of hydrogen-bond donors (Lipinski definition) is 1. The first-order valence-electron chi connectivity index (χ1n) is 11.5. The molecule has 0 aliphatic heterocycles. The molecule has 0 aliphatic rings. The summed E-state index contributed by atoms with van der Waals surface area (Å²) in [5.74, 6) is 0. The molecule has 6 heteroatoms. The first kappa shape index (κ1) is 25.1. The highest BCUT2D eigenvalue weighted by atomic mass is 15.5. The van der Waals surface area contributed by atoms with Crippen molar-refractivity contribution in [3.8, 4) is 0 Å². The van der Waals surface area contributed by atoms with Crippen LogP contribution in [-0.4, -0.2) is 82.7 Å². The van der Waals surface area contributed by atoms with Crippen molar-refractivity contribution in [2.75, 3.05) is 78.4 Å². The number of anilines is 2. The van der Waals surface area contributed by atoms with Gasteiger partial charge in [0.15, 0.2) is 12.4 Å². The Morgan fingerprint density at radius 1 is 0.677 bits per heavy atom. The van der Waals surface area contributed by atoms with Gasteiger partial charge in [-0.25, -0.2) is 4.57 Å². The Morgan fingerprint density at radius 3 is 1.77 bits per heavy atom. The van der Waals surface area contributed by atoms with Gasteiger partial charge in [0.1, 0.15) is 6.54 Å². The smallest absolute Gasteiger partial charge is 0.170 e. The predicted molar refractivity (Wildman–Crippen MR) is 133 cm³/mol. The fourth-order valence-corrected chi connectivity index (χ4v) is 3.62. The second-order valence-corrected chi connectivity index (χ2v) is 8.84. The number of nitrogens with zero attached hydrogens (tertiary/aromatic N) is 5. The summed E-state index contributed by atoms with van der Waals surface area (Å²) in [5, 5.41) is 2.04. The van der Waals surface area contributed by atoms with Gasteiger partial charge in [-0.3, -0.25) is 10.4 Å². The van der Waals surface area contributed by atoms with Gasteiger partial charge in [-0.1, -0.05) is 18.2 Å². The van der Waals surface area contributed by atoms with Crippen molar-refractivity contribution in [1.82, 2.24) is 14.7 Å². The first-order chi connectivity index (χ1) is 14.9. The predicted octanol–water partition coefficient (Wildman–Crippen LogP) is 3.03. The van der Waals surface area contributed by atoms with Gasteiger partial charge in [0, 0.05) is 32.1 Å². The van der Waals surface area contributed by atoms with Crippen molar-refractivity contribution >= 4 is 11.4 Å². The minimum Gasteiger partial charge on any atom is -0.309 e. The zero-order chi connectivity index (χ0) is 22.5. The third-order valence-corrected chi connectivity index (χ3v) is 5.38. The van der Waals surface area contributed by atoms with E-state index in [9.17, 15) is 0 Å². The van der Waals surface area contributed by atoms with Crippen LogP contribution in [0.2, 0.25) is 0 Å². The molecule has 0 aliphatic carbocycles. The minimum absolute atomic E-state index is 1.05. The van der Waals surface area contributed by atoms with Gasteiger partial charge >= 0.3 is 0 Å². The fourth-order valence-electron chi connectivity index (χ4n) is 3.62. The highest BCUT2D eigenvalue weighted by Gasteiger charge is 2.08. The summed E-state index contributed by atoms with van der Waals surface area (Å²) in [6.07, 6.45) is 7.98. The number of aryl methyl sites for hydroxylation is 1. The highest BCUT2D eigenvalue weighted by molar-refractivity contribution is 5.53. The number of para-hydroxylation sites is 1. The molecule has 0 unspecified atom stereocenters. The molecule has 0 atom stereocenters. The molecule has 31 heavy (non-hydrogen) atoms. The zero-order valence-corrected chi connectivity index (χ0v) is 20.3. The molecular weight excluding hydrogens is 384 g/mol. The first-order valence-corrected chi connectivity index (χ1v) is 11.5.